The maximum atomic E-state index is 10.3. The highest BCUT2D eigenvalue weighted by Gasteiger charge is 1.99. The second-order valence-corrected chi connectivity index (χ2v) is 5.20. The van der Waals surface area contributed by atoms with Crippen molar-refractivity contribution in [2.24, 2.45) is 0 Å². The standard InChI is InChI=1S/C18H30O3/c1-2-3-4-5-6-8-11-14-17(19)15-12-9-7-10-13-16-18(20)21/h3-4,6,8,11,14,17,19H,2,5,7,9-10,12-13,15-16H2,1H3,(H,20,21)/b4-3-,8-6+,14-11-/t17-/m0/s1. The van der Waals surface area contributed by atoms with Crippen molar-refractivity contribution in [3.05, 3.63) is 36.5 Å². The maximum absolute atomic E-state index is 10.3. The Kier molecular flexibility index (Phi) is 14.1. The summed E-state index contributed by atoms with van der Waals surface area (Å²) < 4.78 is 0. The van der Waals surface area contributed by atoms with E-state index in [1.165, 1.54) is 0 Å². The molecule has 0 radical (unpaired) electrons. The highest BCUT2D eigenvalue weighted by molar-refractivity contribution is 5.66. The van der Waals surface area contributed by atoms with Gasteiger partial charge in [-0.2, -0.15) is 0 Å². The zero-order valence-electron chi connectivity index (χ0n) is 13.2. The van der Waals surface area contributed by atoms with E-state index in [1.807, 2.05) is 18.2 Å². The lowest BCUT2D eigenvalue weighted by atomic mass is 10.1. The number of carbonyl (C=O) groups is 1. The van der Waals surface area contributed by atoms with Gasteiger partial charge in [0, 0.05) is 6.42 Å². The summed E-state index contributed by atoms with van der Waals surface area (Å²) in [6, 6.07) is 0. The molecule has 0 bridgehead atoms. The van der Waals surface area contributed by atoms with E-state index in [2.05, 4.69) is 25.2 Å². The molecule has 0 aliphatic rings. The van der Waals surface area contributed by atoms with E-state index in [-0.39, 0.29) is 12.5 Å². The van der Waals surface area contributed by atoms with Gasteiger partial charge in [-0.3, -0.25) is 4.79 Å². The van der Waals surface area contributed by atoms with E-state index >= 15 is 0 Å². The molecular weight excluding hydrogens is 264 g/mol. The normalized spacial score (nSPS) is 13.6. The van der Waals surface area contributed by atoms with Crippen LogP contribution in [0.4, 0.5) is 0 Å². The number of unbranched alkanes of at least 4 members (excludes halogenated alkanes) is 4. The quantitative estimate of drug-likeness (QED) is 0.296. The number of aliphatic carboxylic acids is 1. The predicted octanol–water partition coefficient (Wildman–Crippen LogP) is 4.63. The highest BCUT2D eigenvalue weighted by Crippen LogP contribution is 2.09. The Balaban J connectivity index is 3.46. The molecule has 3 heteroatoms. The average molecular weight is 294 g/mol. The molecule has 21 heavy (non-hydrogen) atoms. The number of aliphatic hydroxyl groups is 1. The first-order valence-corrected chi connectivity index (χ1v) is 8.05. The molecular formula is C18H30O3. The zero-order chi connectivity index (χ0) is 15.8. The minimum absolute atomic E-state index is 0.269. The van der Waals surface area contributed by atoms with Crippen LogP contribution in [-0.2, 0) is 4.79 Å². The Morgan fingerprint density at radius 2 is 1.71 bits per heavy atom. The van der Waals surface area contributed by atoms with Crippen molar-refractivity contribution in [1.82, 2.24) is 0 Å². The van der Waals surface area contributed by atoms with Gasteiger partial charge in [-0.1, -0.05) is 69.1 Å². The summed E-state index contributed by atoms with van der Waals surface area (Å²) in [7, 11) is 0. The fourth-order valence-corrected chi connectivity index (χ4v) is 1.95. The number of allylic oxidation sites excluding steroid dienone is 5. The van der Waals surface area contributed by atoms with Crippen molar-refractivity contribution in [3.8, 4) is 0 Å². The third kappa shape index (κ3) is 16.6. The third-order valence-corrected chi connectivity index (χ3v) is 3.15. The van der Waals surface area contributed by atoms with Gasteiger partial charge in [-0.15, -0.1) is 0 Å². The van der Waals surface area contributed by atoms with E-state index < -0.39 is 5.97 Å². The third-order valence-electron chi connectivity index (χ3n) is 3.15. The minimum atomic E-state index is -0.714. The molecule has 1 atom stereocenters. The molecule has 0 unspecified atom stereocenters. The van der Waals surface area contributed by atoms with E-state index in [0.29, 0.717) is 0 Å². The van der Waals surface area contributed by atoms with Crippen LogP contribution in [0.3, 0.4) is 0 Å². The Morgan fingerprint density at radius 1 is 1.00 bits per heavy atom. The molecule has 0 spiro atoms. The lowest BCUT2D eigenvalue weighted by Crippen LogP contribution is -2.01. The summed E-state index contributed by atoms with van der Waals surface area (Å²) in [5.41, 5.74) is 0. The van der Waals surface area contributed by atoms with Crippen LogP contribution in [0, 0.1) is 0 Å². The number of carboxylic acid groups (broad SMARTS) is 1. The van der Waals surface area contributed by atoms with Gasteiger partial charge >= 0.3 is 5.97 Å². The van der Waals surface area contributed by atoms with Gasteiger partial charge in [-0.25, -0.2) is 0 Å². The van der Waals surface area contributed by atoms with Gasteiger partial charge in [0.05, 0.1) is 6.10 Å². The van der Waals surface area contributed by atoms with Crippen LogP contribution in [0.15, 0.2) is 36.5 Å². The van der Waals surface area contributed by atoms with Crippen LogP contribution in [0.1, 0.15) is 64.7 Å². The predicted molar refractivity (Wildman–Crippen MR) is 88.3 cm³/mol. The number of hydrogen-bond acceptors (Lipinski definition) is 2. The largest absolute Gasteiger partial charge is 0.481 e. The van der Waals surface area contributed by atoms with Gasteiger partial charge in [0.1, 0.15) is 0 Å². The van der Waals surface area contributed by atoms with Crippen molar-refractivity contribution in [3.63, 3.8) is 0 Å². The van der Waals surface area contributed by atoms with Crippen LogP contribution in [0.25, 0.3) is 0 Å². The number of hydrogen-bond donors (Lipinski definition) is 2. The Morgan fingerprint density at radius 3 is 2.43 bits per heavy atom. The average Bonchev–Trinajstić information content (AvgIpc) is 2.45. The molecule has 120 valence electrons. The SMILES string of the molecule is CC/C=C\C/C=C/C=C\[C@H](O)CCCCCCCC(=O)O. The van der Waals surface area contributed by atoms with Gasteiger partial charge in [0.2, 0.25) is 0 Å². The second-order valence-electron chi connectivity index (χ2n) is 5.20. The Labute approximate surface area is 129 Å². The number of carboxylic acids is 1. The molecule has 0 amide bonds. The number of aliphatic hydroxyl groups excluding tert-OH is 1. The fourth-order valence-electron chi connectivity index (χ4n) is 1.95. The first-order valence-electron chi connectivity index (χ1n) is 8.05. The molecule has 0 aromatic carbocycles. The van der Waals surface area contributed by atoms with Crippen molar-refractivity contribution in [1.29, 1.82) is 0 Å². The smallest absolute Gasteiger partial charge is 0.303 e. The molecule has 0 fully saturated rings. The molecule has 0 rings (SSSR count). The summed E-state index contributed by atoms with van der Waals surface area (Å²) in [5, 5.41) is 18.3. The molecule has 0 saturated heterocycles. The van der Waals surface area contributed by atoms with Crippen LogP contribution in [0.2, 0.25) is 0 Å². The second kappa shape index (κ2) is 15.0. The number of rotatable bonds is 13. The molecule has 0 saturated carbocycles. The van der Waals surface area contributed by atoms with Gasteiger partial charge in [0.25, 0.3) is 0 Å². The summed E-state index contributed by atoms with van der Waals surface area (Å²) >= 11 is 0. The zero-order valence-corrected chi connectivity index (χ0v) is 13.2. The van der Waals surface area contributed by atoms with Gasteiger partial charge < -0.3 is 10.2 Å². The van der Waals surface area contributed by atoms with E-state index in [0.717, 1.165) is 51.4 Å². The lowest BCUT2D eigenvalue weighted by Gasteiger charge is -2.04. The van der Waals surface area contributed by atoms with Crippen molar-refractivity contribution in [2.45, 2.75) is 70.8 Å². The van der Waals surface area contributed by atoms with Gasteiger partial charge in [0.15, 0.2) is 0 Å². The molecule has 0 aliphatic heterocycles. The summed E-state index contributed by atoms with van der Waals surface area (Å²) in [6.07, 6.45) is 19.5. The van der Waals surface area contributed by atoms with Crippen LogP contribution in [0.5, 0.6) is 0 Å². The van der Waals surface area contributed by atoms with Crippen molar-refractivity contribution < 1.29 is 15.0 Å². The monoisotopic (exact) mass is 294 g/mol. The van der Waals surface area contributed by atoms with Crippen LogP contribution >= 0.6 is 0 Å². The van der Waals surface area contributed by atoms with Crippen molar-refractivity contribution >= 4 is 5.97 Å². The van der Waals surface area contributed by atoms with E-state index in [4.69, 9.17) is 5.11 Å². The first-order chi connectivity index (χ1) is 10.2. The van der Waals surface area contributed by atoms with Crippen LogP contribution < -0.4 is 0 Å². The van der Waals surface area contributed by atoms with Gasteiger partial charge in [-0.05, 0) is 25.7 Å². The molecule has 0 aromatic heterocycles. The highest BCUT2D eigenvalue weighted by atomic mass is 16.4. The molecule has 0 aromatic rings. The Hall–Kier alpha value is -1.35. The Bertz CT molecular complexity index is 329. The summed E-state index contributed by atoms with van der Waals surface area (Å²) in [5.74, 6) is -0.714. The minimum Gasteiger partial charge on any atom is -0.481 e. The lowest BCUT2D eigenvalue weighted by molar-refractivity contribution is -0.137. The first kappa shape index (κ1) is 19.7. The topological polar surface area (TPSA) is 57.5 Å². The maximum Gasteiger partial charge on any atom is 0.303 e. The molecule has 3 nitrogen and oxygen atoms in total. The van der Waals surface area contributed by atoms with Crippen LogP contribution in [-0.4, -0.2) is 22.3 Å². The summed E-state index contributed by atoms with van der Waals surface area (Å²) in [4.78, 5) is 10.3. The summed E-state index contributed by atoms with van der Waals surface area (Å²) in [6.45, 7) is 2.11. The molecule has 0 aliphatic carbocycles. The van der Waals surface area contributed by atoms with E-state index in [1.54, 1.807) is 0 Å². The van der Waals surface area contributed by atoms with Crippen molar-refractivity contribution in [2.75, 3.05) is 0 Å². The fraction of sp³-hybridized carbons (Fsp3) is 0.611. The molecule has 2 N–H and O–H groups in total. The van der Waals surface area contributed by atoms with E-state index in [9.17, 15) is 9.90 Å². The molecule has 0 heterocycles.